The number of ether oxygens (including phenoxy) is 1. The molecule has 0 aromatic rings. The zero-order valence-electron chi connectivity index (χ0n) is 12.7. The predicted molar refractivity (Wildman–Crippen MR) is 75.0 cm³/mol. The van der Waals surface area contributed by atoms with Crippen LogP contribution in [-0.2, 0) is 14.3 Å². The predicted octanol–water partition coefficient (Wildman–Crippen LogP) is 1.75. The molecule has 0 saturated heterocycles. The monoisotopic (exact) mass is 347 g/mol. The van der Waals surface area contributed by atoms with Crippen LogP contribution in [0.1, 0.15) is 25.7 Å². The van der Waals surface area contributed by atoms with Gasteiger partial charge in [-0.25, -0.2) is 4.79 Å². The summed E-state index contributed by atoms with van der Waals surface area (Å²) in [5, 5.41) is 27.0. The van der Waals surface area contributed by atoms with Gasteiger partial charge in [0.25, 0.3) is 0 Å². The first-order chi connectivity index (χ1) is 11.1. The highest BCUT2D eigenvalue weighted by molar-refractivity contribution is 6.08. The number of aliphatic carboxylic acids is 1. The molecule has 24 heavy (non-hydrogen) atoms. The van der Waals surface area contributed by atoms with Crippen LogP contribution in [0.15, 0.2) is 11.3 Å². The molecule has 0 aromatic heterocycles. The summed E-state index contributed by atoms with van der Waals surface area (Å²) in [6.07, 6.45) is -4.77. The summed E-state index contributed by atoms with van der Waals surface area (Å²) >= 11 is 0. The number of carboxylic acids is 1. The van der Waals surface area contributed by atoms with Crippen molar-refractivity contribution in [1.82, 2.24) is 5.32 Å². The van der Waals surface area contributed by atoms with Crippen LogP contribution < -0.4 is 5.32 Å². The van der Waals surface area contributed by atoms with Gasteiger partial charge in [-0.1, -0.05) is 0 Å². The van der Waals surface area contributed by atoms with Crippen molar-refractivity contribution in [3.63, 3.8) is 0 Å². The number of alkyl halides is 3. The summed E-state index contributed by atoms with van der Waals surface area (Å²) in [5.41, 5.74) is -4.11. The van der Waals surface area contributed by atoms with E-state index < -0.39 is 40.8 Å². The Balaban J connectivity index is 2.98. The van der Waals surface area contributed by atoms with Crippen molar-refractivity contribution in [3.8, 4) is 6.07 Å². The Morgan fingerprint density at radius 3 is 2.29 bits per heavy atom. The van der Waals surface area contributed by atoms with Crippen LogP contribution in [0.5, 0.6) is 0 Å². The van der Waals surface area contributed by atoms with Gasteiger partial charge in [0.1, 0.15) is 11.3 Å². The Kier molecular flexibility index (Phi) is 5.95. The molecule has 132 valence electrons. The van der Waals surface area contributed by atoms with Crippen molar-refractivity contribution in [2.75, 3.05) is 7.11 Å². The number of nitriles is 1. The number of carbonyl (C=O) groups is 2. The van der Waals surface area contributed by atoms with Gasteiger partial charge in [0, 0.05) is 12.3 Å². The largest absolute Gasteiger partial charge is 0.478 e. The number of halogens is 3. The van der Waals surface area contributed by atoms with Crippen LogP contribution in [0.4, 0.5) is 13.2 Å². The number of methoxy groups -OCH3 is 1. The standard InChI is InChI=1S/C14H16F3N3O4/c1-24-12(23)13(7-19)4-2-8(3-5-13)20-10(14(15,16)17)9(6-18)11(21)22/h6,8,18,20H,2-5H2,1H3,(H,21,22)/b10-9+,18-6?/t8-,13-. The minimum absolute atomic E-state index is 0.00797. The maximum atomic E-state index is 13.1. The summed E-state index contributed by atoms with van der Waals surface area (Å²) < 4.78 is 43.7. The van der Waals surface area contributed by atoms with Gasteiger partial charge >= 0.3 is 18.1 Å². The molecule has 0 atom stereocenters. The zero-order chi connectivity index (χ0) is 18.5. The van der Waals surface area contributed by atoms with Gasteiger partial charge in [-0.15, -0.1) is 0 Å². The lowest BCUT2D eigenvalue weighted by atomic mass is 9.73. The second kappa shape index (κ2) is 7.33. The summed E-state index contributed by atoms with van der Waals surface area (Å²) in [6.45, 7) is 0. The lowest BCUT2D eigenvalue weighted by molar-refractivity contribution is -0.151. The molecular weight excluding hydrogens is 331 g/mol. The molecule has 7 nitrogen and oxygen atoms in total. The smallest absolute Gasteiger partial charge is 0.431 e. The van der Waals surface area contributed by atoms with Crippen molar-refractivity contribution in [2.45, 2.75) is 37.9 Å². The van der Waals surface area contributed by atoms with Crippen molar-refractivity contribution in [3.05, 3.63) is 11.3 Å². The maximum Gasteiger partial charge on any atom is 0.431 e. The average molecular weight is 347 g/mol. The molecule has 0 aromatic carbocycles. The third-order valence-electron chi connectivity index (χ3n) is 3.91. The molecule has 0 unspecified atom stereocenters. The minimum Gasteiger partial charge on any atom is -0.478 e. The molecule has 0 radical (unpaired) electrons. The molecule has 1 aliphatic carbocycles. The van der Waals surface area contributed by atoms with Crippen LogP contribution in [0, 0.1) is 22.2 Å². The fourth-order valence-corrected chi connectivity index (χ4v) is 2.57. The quantitative estimate of drug-likeness (QED) is 0.395. The normalized spacial score (nSPS) is 25.0. The number of hydrogen-bond donors (Lipinski definition) is 3. The first kappa shape index (κ1) is 19.5. The number of nitrogens with one attached hydrogen (secondary N) is 2. The highest BCUT2D eigenvalue weighted by atomic mass is 19.4. The van der Waals surface area contributed by atoms with E-state index in [0.717, 1.165) is 7.11 Å². The van der Waals surface area contributed by atoms with Gasteiger partial charge in [0.15, 0.2) is 5.41 Å². The summed E-state index contributed by atoms with van der Waals surface area (Å²) in [6, 6.07) is 1.08. The fourth-order valence-electron chi connectivity index (χ4n) is 2.57. The van der Waals surface area contributed by atoms with E-state index in [0.29, 0.717) is 0 Å². The van der Waals surface area contributed by atoms with E-state index in [9.17, 15) is 28.0 Å². The molecule has 0 bridgehead atoms. The molecule has 1 saturated carbocycles. The molecule has 0 heterocycles. The van der Waals surface area contributed by atoms with E-state index in [4.69, 9.17) is 10.5 Å². The molecule has 10 heteroatoms. The number of nitrogens with zero attached hydrogens (tertiary/aromatic N) is 1. The molecule has 0 amide bonds. The van der Waals surface area contributed by atoms with Crippen molar-refractivity contribution < 1.29 is 32.6 Å². The highest BCUT2D eigenvalue weighted by Crippen LogP contribution is 2.38. The molecule has 1 fully saturated rings. The second-order valence-corrected chi connectivity index (χ2v) is 5.34. The maximum absolute atomic E-state index is 13.1. The topological polar surface area (TPSA) is 123 Å². The highest BCUT2D eigenvalue weighted by Gasteiger charge is 2.45. The van der Waals surface area contributed by atoms with Crippen LogP contribution in [0.25, 0.3) is 0 Å². The van der Waals surface area contributed by atoms with Gasteiger partial charge in [-0.05, 0) is 25.7 Å². The summed E-state index contributed by atoms with van der Waals surface area (Å²) in [4.78, 5) is 22.6. The number of rotatable bonds is 5. The second-order valence-electron chi connectivity index (χ2n) is 5.34. The van der Waals surface area contributed by atoms with Crippen LogP contribution in [0.3, 0.4) is 0 Å². The van der Waals surface area contributed by atoms with E-state index in [1.54, 1.807) is 0 Å². The molecule has 1 rings (SSSR count). The number of hydrogen-bond acceptors (Lipinski definition) is 6. The average Bonchev–Trinajstić information content (AvgIpc) is 2.53. The summed E-state index contributed by atoms with van der Waals surface area (Å²) in [5.74, 6) is -2.61. The van der Waals surface area contributed by atoms with E-state index >= 15 is 0 Å². The Morgan fingerprint density at radius 1 is 1.42 bits per heavy atom. The minimum atomic E-state index is -4.97. The molecule has 0 aliphatic heterocycles. The first-order valence-electron chi connectivity index (χ1n) is 6.92. The molecule has 3 N–H and O–H groups in total. The lowest BCUT2D eigenvalue weighted by Gasteiger charge is -2.34. The SMILES string of the molecule is COC(=O)[C@]1(C#N)CC[C@@H](N/C(=C(\C=N)C(=O)O)C(F)(F)F)CC1. The van der Waals surface area contributed by atoms with Gasteiger partial charge in [0.2, 0.25) is 0 Å². The van der Waals surface area contributed by atoms with E-state index in [1.165, 1.54) is 0 Å². The van der Waals surface area contributed by atoms with Crippen molar-refractivity contribution >= 4 is 18.2 Å². The number of esters is 1. The Hall–Kier alpha value is -2.57. The molecular formula is C14H16F3N3O4. The number of carbonyl (C=O) groups excluding carboxylic acids is 1. The van der Waals surface area contributed by atoms with Gasteiger partial charge in [-0.3, -0.25) is 4.79 Å². The molecule has 0 spiro atoms. The van der Waals surface area contributed by atoms with E-state index in [1.807, 2.05) is 6.07 Å². The fraction of sp³-hybridized carbons (Fsp3) is 0.571. The molecule has 1 aliphatic rings. The van der Waals surface area contributed by atoms with Gasteiger partial charge in [-0.2, -0.15) is 18.4 Å². The number of allylic oxidation sites excluding steroid dienone is 1. The Bertz CT molecular complexity index is 599. The third kappa shape index (κ3) is 4.04. The Morgan fingerprint density at radius 2 is 1.96 bits per heavy atom. The van der Waals surface area contributed by atoms with E-state index in [-0.39, 0.29) is 31.9 Å². The van der Waals surface area contributed by atoms with Crippen LogP contribution in [-0.4, -0.2) is 42.6 Å². The summed E-state index contributed by atoms with van der Waals surface area (Å²) in [7, 11) is 1.12. The lowest BCUT2D eigenvalue weighted by Crippen LogP contribution is -2.43. The zero-order valence-corrected chi connectivity index (χ0v) is 12.7. The van der Waals surface area contributed by atoms with Gasteiger partial charge in [0.05, 0.1) is 13.2 Å². The van der Waals surface area contributed by atoms with Crippen molar-refractivity contribution in [1.29, 1.82) is 10.7 Å². The first-order valence-corrected chi connectivity index (χ1v) is 6.92. The van der Waals surface area contributed by atoms with Crippen molar-refractivity contribution in [2.24, 2.45) is 5.41 Å². The van der Waals surface area contributed by atoms with Crippen LogP contribution >= 0.6 is 0 Å². The Labute approximate surface area is 135 Å². The number of carboxylic acid groups (broad SMARTS) is 1. The van der Waals surface area contributed by atoms with Crippen LogP contribution in [0.2, 0.25) is 0 Å². The van der Waals surface area contributed by atoms with Gasteiger partial charge < -0.3 is 20.6 Å². The third-order valence-corrected chi connectivity index (χ3v) is 3.91. The van der Waals surface area contributed by atoms with E-state index in [2.05, 4.69) is 10.1 Å².